The fraction of sp³-hybridized carbons (Fsp3) is 0.600. The zero-order valence-electron chi connectivity index (χ0n) is 11.3. The van der Waals surface area contributed by atoms with Crippen LogP contribution < -0.4 is 4.90 Å². The monoisotopic (exact) mass is 331 g/mol. The third-order valence-electron chi connectivity index (χ3n) is 3.87. The number of rotatable bonds is 3. The Morgan fingerprint density at radius 1 is 1.21 bits per heavy atom. The Labute approximate surface area is 122 Å². The highest BCUT2D eigenvalue weighted by atomic mass is 79.9. The van der Waals surface area contributed by atoms with Crippen LogP contribution in [0.4, 0.5) is 14.5 Å². The molecule has 0 aliphatic carbocycles. The van der Waals surface area contributed by atoms with Crippen molar-refractivity contribution < 1.29 is 8.78 Å². The Morgan fingerprint density at radius 3 is 2.47 bits per heavy atom. The number of benzene rings is 1. The van der Waals surface area contributed by atoms with Crippen molar-refractivity contribution in [3.05, 3.63) is 29.3 Å². The molecule has 2 rings (SSSR count). The maximum atomic E-state index is 14.2. The smallest absolute Gasteiger partial charge is 0.149 e. The number of halogens is 3. The van der Waals surface area contributed by atoms with E-state index in [1.165, 1.54) is 12.1 Å². The molecule has 0 N–H and O–H groups in total. The molecular formula is C15H20BrF2N. The topological polar surface area (TPSA) is 3.24 Å². The molecular weight excluding hydrogens is 312 g/mol. The van der Waals surface area contributed by atoms with Gasteiger partial charge in [0.05, 0.1) is 0 Å². The standard InChI is InChI=1S/C15H20BrF2N/c1-2-12-6-4-3-5-7-19(12)15-13(17)8-11(10-16)9-14(15)18/h8-9,12H,2-7,10H2,1H3. The SMILES string of the molecule is CCC1CCCCCN1c1c(F)cc(CBr)cc1F. The highest BCUT2D eigenvalue weighted by Gasteiger charge is 2.25. The van der Waals surface area contributed by atoms with Crippen LogP contribution in [0.25, 0.3) is 0 Å². The van der Waals surface area contributed by atoms with Crippen LogP contribution >= 0.6 is 15.9 Å². The lowest BCUT2D eigenvalue weighted by molar-refractivity contribution is 0.517. The van der Waals surface area contributed by atoms with E-state index in [0.29, 0.717) is 10.9 Å². The van der Waals surface area contributed by atoms with Crippen LogP contribution in [0, 0.1) is 11.6 Å². The average molecular weight is 332 g/mol. The Bertz CT molecular complexity index is 413. The molecule has 1 fully saturated rings. The van der Waals surface area contributed by atoms with E-state index >= 15 is 0 Å². The van der Waals surface area contributed by atoms with Crippen LogP contribution in [-0.2, 0) is 5.33 Å². The van der Waals surface area contributed by atoms with Gasteiger partial charge in [0.15, 0.2) is 0 Å². The summed E-state index contributed by atoms with van der Waals surface area (Å²) >= 11 is 3.24. The predicted octanol–water partition coefficient (Wildman–Crippen LogP) is 5.02. The molecule has 4 heteroatoms. The minimum Gasteiger partial charge on any atom is -0.364 e. The quantitative estimate of drug-likeness (QED) is 0.703. The van der Waals surface area contributed by atoms with Crippen LogP contribution in [0.15, 0.2) is 12.1 Å². The summed E-state index contributed by atoms with van der Waals surface area (Å²) in [7, 11) is 0. The first-order chi connectivity index (χ1) is 9.17. The molecule has 1 aliphatic rings. The Hall–Kier alpha value is -0.640. The number of alkyl halides is 1. The van der Waals surface area contributed by atoms with E-state index in [1.807, 2.05) is 4.90 Å². The van der Waals surface area contributed by atoms with E-state index in [0.717, 1.165) is 38.6 Å². The van der Waals surface area contributed by atoms with Gasteiger partial charge in [0.2, 0.25) is 0 Å². The molecule has 1 atom stereocenters. The second-order valence-electron chi connectivity index (χ2n) is 5.15. The average Bonchev–Trinajstić information content (AvgIpc) is 2.63. The number of hydrogen-bond donors (Lipinski definition) is 0. The molecule has 1 saturated heterocycles. The van der Waals surface area contributed by atoms with E-state index in [9.17, 15) is 8.78 Å². The highest BCUT2D eigenvalue weighted by Crippen LogP contribution is 2.31. The van der Waals surface area contributed by atoms with Crippen molar-refractivity contribution in [2.75, 3.05) is 11.4 Å². The van der Waals surface area contributed by atoms with Gasteiger partial charge in [-0.3, -0.25) is 0 Å². The summed E-state index contributed by atoms with van der Waals surface area (Å²) in [6.07, 6.45) is 5.26. The van der Waals surface area contributed by atoms with Crippen molar-refractivity contribution in [3.8, 4) is 0 Å². The first kappa shape index (κ1) is 14.8. The molecule has 0 saturated carbocycles. The lowest BCUT2D eigenvalue weighted by atomic mass is 10.1. The van der Waals surface area contributed by atoms with Gasteiger partial charge in [-0.2, -0.15) is 0 Å². The predicted molar refractivity (Wildman–Crippen MR) is 78.9 cm³/mol. The normalized spacial score (nSPS) is 20.4. The van der Waals surface area contributed by atoms with Crippen molar-refractivity contribution in [3.63, 3.8) is 0 Å². The molecule has 19 heavy (non-hydrogen) atoms. The molecule has 1 aromatic rings. The Morgan fingerprint density at radius 2 is 1.89 bits per heavy atom. The van der Waals surface area contributed by atoms with E-state index in [-0.39, 0.29) is 11.7 Å². The third-order valence-corrected chi connectivity index (χ3v) is 4.51. The molecule has 0 radical (unpaired) electrons. The summed E-state index contributed by atoms with van der Waals surface area (Å²) in [5.74, 6) is -0.871. The number of anilines is 1. The summed E-state index contributed by atoms with van der Waals surface area (Å²) < 4.78 is 28.4. The Balaban J connectivity index is 2.38. The van der Waals surface area contributed by atoms with E-state index < -0.39 is 11.6 Å². The van der Waals surface area contributed by atoms with Crippen LogP contribution in [-0.4, -0.2) is 12.6 Å². The molecule has 1 aromatic carbocycles. The van der Waals surface area contributed by atoms with Gasteiger partial charge in [-0.25, -0.2) is 8.78 Å². The van der Waals surface area contributed by atoms with Gasteiger partial charge < -0.3 is 4.90 Å². The van der Waals surface area contributed by atoms with E-state index in [4.69, 9.17) is 0 Å². The molecule has 1 unspecified atom stereocenters. The lowest BCUT2D eigenvalue weighted by Crippen LogP contribution is -2.35. The zero-order valence-corrected chi connectivity index (χ0v) is 12.8. The van der Waals surface area contributed by atoms with Gasteiger partial charge in [-0.05, 0) is 37.0 Å². The van der Waals surface area contributed by atoms with E-state index in [2.05, 4.69) is 22.9 Å². The fourth-order valence-electron chi connectivity index (χ4n) is 2.87. The molecule has 0 aromatic heterocycles. The summed E-state index contributed by atoms with van der Waals surface area (Å²) in [6.45, 7) is 2.84. The highest BCUT2D eigenvalue weighted by molar-refractivity contribution is 9.08. The molecule has 106 valence electrons. The maximum Gasteiger partial charge on any atom is 0.149 e. The van der Waals surface area contributed by atoms with E-state index in [1.54, 1.807) is 0 Å². The molecule has 0 amide bonds. The van der Waals surface area contributed by atoms with Gasteiger partial charge in [0.25, 0.3) is 0 Å². The fourth-order valence-corrected chi connectivity index (χ4v) is 3.19. The summed E-state index contributed by atoms with van der Waals surface area (Å²) in [5, 5.41) is 0.471. The summed E-state index contributed by atoms with van der Waals surface area (Å²) in [5.41, 5.74) is 0.806. The van der Waals surface area contributed by atoms with Crippen LogP contribution in [0.5, 0.6) is 0 Å². The third kappa shape index (κ3) is 3.28. The van der Waals surface area contributed by atoms with Crippen molar-refractivity contribution in [1.29, 1.82) is 0 Å². The molecule has 1 nitrogen and oxygen atoms in total. The second-order valence-corrected chi connectivity index (χ2v) is 5.71. The van der Waals surface area contributed by atoms with Crippen LogP contribution in [0.3, 0.4) is 0 Å². The first-order valence-electron chi connectivity index (χ1n) is 6.98. The van der Waals surface area contributed by atoms with Crippen molar-refractivity contribution in [2.24, 2.45) is 0 Å². The lowest BCUT2D eigenvalue weighted by Gasteiger charge is -2.32. The minimum atomic E-state index is -0.435. The van der Waals surface area contributed by atoms with Crippen molar-refractivity contribution in [2.45, 2.75) is 50.4 Å². The zero-order chi connectivity index (χ0) is 13.8. The molecule has 1 heterocycles. The molecule has 1 aliphatic heterocycles. The maximum absolute atomic E-state index is 14.2. The molecule has 0 spiro atoms. The number of nitrogens with zero attached hydrogens (tertiary/aromatic N) is 1. The van der Waals surface area contributed by atoms with Crippen LogP contribution in [0.1, 0.15) is 44.6 Å². The van der Waals surface area contributed by atoms with Gasteiger partial charge in [0.1, 0.15) is 17.3 Å². The summed E-state index contributed by atoms with van der Waals surface area (Å²) in [6, 6.07) is 3.12. The largest absolute Gasteiger partial charge is 0.364 e. The van der Waals surface area contributed by atoms with Gasteiger partial charge in [-0.15, -0.1) is 0 Å². The van der Waals surface area contributed by atoms with Crippen molar-refractivity contribution in [1.82, 2.24) is 0 Å². The summed E-state index contributed by atoms with van der Waals surface area (Å²) in [4.78, 5) is 1.94. The molecule has 0 bridgehead atoms. The Kier molecular flexibility index (Phi) is 5.20. The minimum absolute atomic E-state index is 0.165. The van der Waals surface area contributed by atoms with Gasteiger partial charge >= 0.3 is 0 Å². The number of hydrogen-bond acceptors (Lipinski definition) is 1. The van der Waals surface area contributed by atoms with Crippen molar-refractivity contribution >= 4 is 21.6 Å². The van der Waals surface area contributed by atoms with Crippen LogP contribution in [0.2, 0.25) is 0 Å². The first-order valence-corrected chi connectivity index (χ1v) is 8.10. The van der Waals surface area contributed by atoms with Gasteiger partial charge in [-0.1, -0.05) is 35.7 Å². The van der Waals surface area contributed by atoms with Gasteiger partial charge in [0, 0.05) is 17.9 Å². The second kappa shape index (κ2) is 6.69.